The summed E-state index contributed by atoms with van der Waals surface area (Å²) in [6.45, 7) is 7.40. The second kappa shape index (κ2) is 7.44. The normalized spacial score (nSPS) is 12.5. The van der Waals surface area contributed by atoms with Crippen molar-refractivity contribution in [2.24, 2.45) is 4.99 Å². The van der Waals surface area contributed by atoms with Gasteiger partial charge in [0.05, 0.1) is 16.9 Å². The highest BCUT2D eigenvalue weighted by Gasteiger charge is 2.21. The van der Waals surface area contributed by atoms with Crippen LogP contribution in [0.5, 0.6) is 0 Å². The molecule has 1 N–H and O–H groups in total. The minimum Gasteiger partial charge on any atom is -0.349 e. The van der Waals surface area contributed by atoms with Gasteiger partial charge in [0.15, 0.2) is 11.8 Å². The summed E-state index contributed by atoms with van der Waals surface area (Å²) < 4.78 is 6.43. The maximum Gasteiger partial charge on any atom is 0.232 e. The molecule has 0 fully saturated rings. The molecule has 0 aliphatic heterocycles. The Bertz CT molecular complexity index is 673. The van der Waals surface area contributed by atoms with Gasteiger partial charge in [-0.1, -0.05) is 25.9 Å². The summed E-state index contributed by atoms with van der Waals surface area (Å²) in [5.41, 5.74) is -0.143. The van der Waals surface area contributed by atoms with Gasteiger partial charge in [-0.2, -0.15) is 4.98 Å². The highest BCUT2D eigenvalue weighted by molar-refractivity contribution is 9.11. The van der Waals surface area contributed by atoms with E-state index in [1.807, 2.05) is 27.8 Å². The van der Waals surface area contributed by atoms with Crippen LogP contribution in [0.25, 0.3) is 0 Å². The molecular formula is C15H22BrN5OS. The van der Waals surface area contributed by atoms with Crippen molar-refractivity contribution in [3.63, 3.8) is 0 Å². The molecule has 0 saturated carbocycles. The van der Waals surface area contributed by atoms with E-state index < -0.39 is 0 Å². The third-order valence-electron chi connectivity index (χ3n) is 3.11. The standard InChI is InChI=1S/C15H22BrN5OS/c1-15(2,3)13-19-12(20-22-13)8-18-14(17-4)21(5)9-10-6-7-11(16)23-10/h6-7H,8-9H2,1-5H3,(H,17,18). The van der Waals surface area contributed by atoms with Crippen molar-refractivity contribution in [1.82, 2.24) is 20.4 Å². The van der Waals surface area contributed by atoms with Crippen LogP contribution < -0.4 is 5.32 Å². The van der Waals surface area contributed by atoms with Crippen molar-refractivity contribution in [2.45, 2.75) is 39.3 Å². The third kappa shape index (κ3) is 5.04. The zero-order valence-electron chi connectivity index (χ0n) is 14.1. The number of aromatic nitrogens is 2. The summed E-state index contributed by atoms with van der Waals surface area (Å²) in [4.78, 5) is 12.0. The number of halogens is 1. The first-order valence-electron chi connectivity index (χ1n) is 7.28. The average molecular weight is 400 g/mol. The van der Waals surface area contributed by atoms with Gasteiger partial charge in [0.2, 0.25) is 5.89 Å². The maximum atomic E-state index is 5.30. The molecule has 23 heavy (non-hydrogen) atoms. The second-order valence-corrected chi connectivity index (χ2v) is 8.78. The first-order chi connectivity index (χ1) is 10.8. The second-order valence-electron chi connectivity index (χ2n) is 6.23. The lowest BCUT2D eigenvalue weighted by atomic mass is 9.97. The molecule has 2 rings (SSSR count). The summed E-state index contributed by atoms with van der Waals surface area (Å²) in [5, 5.41) is 7.27. The lowest BCUT2D eigenvalue weighted by molar-refractivity contribution is 0.318. The van der Waals surface area contributed by atoms with E-state index >= 15 is 0 Å². The van der Waals surface area contributed by atoms with Crippen molar-refractivity contribution >= 4 is 33.2 Å². The van der Waals surface area contributed by atoms with Gasteiger partial charge in [-0.05, 0) is 28.1 Å². The first kappa shape index (κ1) is 17.9. The molecule has 6 nitrogen and oxygen atoms in total. The summed E-state index contributed by atoms with van der Waals surface area (Å²) >= 11 is 5.20. The Morgan fingerprint density at radius 1 is 1.43 bits per heavy atom. The molecule has 0 spiro atoms. The number of aliphatic imine (C=N–C) groups is 1. The van der Waals surface area contributed by atoms with Crippen molar-refractivity contribution in [3.8, 4) is 0 Å². The number of hydrogen-bond donors (Lipinski definition) is 1. The van der Waals surface area contributed by atoms with E-state index in [0.717, 1.165) is 16.3 Å². The van der Waals surface area contributed by atoms with E-state index in [-0.39, 0.29) is 5.41 Å². The molecule has 0 saturated heterocycles. The van der Waals surface area contributed by atoms with Crippen LogP contribution in [0.1, 0.15) is 37.4 Å². The van der Waals surface area contributed by atoms with Gasteiger partial charge in [0.25, 0.3) is 0 Å². The maximum absolute atomic E-state index is 5.30. The largest absolute Gasteiger partial charge is 0.349 e. The van der Waals surface area contributed by atoms with E-state index in [0.29, 0.717) is 18.3 Å². The number of nitrogens with one attached hydrogen (secondary N) is 1. The van der Waals surface area contributed by atoms with Crippen molar-refractivity contribution in [2.75, 3.05) is 14.1 Å². The highest BCUT2D eigenvalue weighted by atomic mass is 79.9. The number of hydrogen-bond acceptors (Lipinski definition) is 5. The number of guanidine groups is 1. The minimum atomic E-state index is -0.143. The van der Waals surface area contributed by atoms with E-state index in [1.54, 1.807) is 18.4 Å². The molecule has 0 aromatic carbocycles. The van der Waals surface area contributed by atoms with Gasteiger partial charge < -0.3 is 14.7 Å². The Morgan fingerprint density at radius 3 is 2.70 bits per heavy atom. The summed E-state index contributed by atoms with van der Waals surface area (Å²) in [6.07, 6.45) is 0. The van der Waals surface area contributed by atoms with Gasteiger partial charge in [0.1, 0.15) is 0 Å². The van der Waals surface area contributed by atoms with E-state index in [4.69, 9.17) is 4.52 Å². The third-order valence-corrected chi connectivity index (χ3v) is 4.72. The smallest absolute Gasteiger partial charge is 0.232 e. The highest BCUT2D eigenvalue weighted by Crippen LogP contribution is 2.23. The topological polar surface area (TPSA) is 66.5 Å². The van der Waals surface area contributed by atoms with Crippen LogP contribution in [0.15, 0.2) is 25.4 Å². The molecule has 0 aliphatic rings. The molecule has 0 unspecified atom stereocenters. The average Bonchev–Trinajstić information content (AvgIpc) is 3.08. The monoisotopic (exact) mass is 399 g/mol. The zero-order valence-corrected chi connectivity index (χ0v) is 16.5. The molecule has 0 aliphatic carbocycles. The summed E-state index contributed by atoms with van der Waals surface area (Å²) in [6, 6.07) is 4.16. The van der Waals surface area contributed by atoms with Gasteiger partial charge in [0, 0.05) is 24.4 Å². The van der Waals surface area contributed by atoms with Crippen LogP contribution in [0, 0.1) is 0 Å². The fourth-order valence-corrected chi connectivity index (χ4v) is 3.46. The molecule has 0 amide bonds. The minimum absolute atomic E-state index is 0.143. The van der Waals surface area contributed by atoms with Gasteiger partial charge in [-0.3, -0.25) is 4.99 Å². The molecule has 2 aromatic heterocycles. The van der Waals surface area contributed by atoms with E-state index in [9.17, 15) is 0 Å². The molecule has 2 aromatic rings. The van der Waals surface area contributed by atoms with Crippen LogP contribution in [0.4, 0.5) is 0 Å². The predicted molar refractivity (Wildman–Crippen MR) is 96.7 cm³/mol. The van der Waals surface area contributed by atoms with E-state index in [2.05, 4.69) is 53.4 Å². The summed E-state index contributed by atoms with van der Waals surface area (Å²) in [5.74, 6) is 2.06. The summed E-state index contributed by atoms with van der Waals surface area (Å²) in [7, 11) is 3.76. The fourth-order valence-electron chi connectivity index (χ4n) is 1.92. The van der Waals surface area contributed by atoms with Crippen LogP contribution in [0.3, 0.4) is 0 Å². The molecular weight excluding hydrogens is 378 g/mol. The molecule has 0 radical (unpaired) electrons. The predicted octanol–water partition coefficient (Wildman–Crippen LogP) is 3.40. The lowest BCUT2D eigenvalue weighted by Gasteiger charge is -2.20. The van der Waals surface area contributed by atoms with Crippen LogP contribution in [-0.2, 0) is 18.5 Å². The molecule has 0 atom stereocenters. The van der Waals surface area contributed by atoms with Crippen LogP contribution >= 0.6 is 27.3 Å². The molecule has 2 heterocycles. The van der Waals surface area contributed by atoms with Crippen molar-refractivity contribution < 1.29 is 4.52 Å². The zero-order chi connectivity index (χ0) is 17.0. The number of rotatable bonds is 4. The quantitative estimate of drug-likeness (QED) is 0.630. The Labute approximate surface area is 149 Å². The molecule has 0 bridgehead atoms. The number of thiophene rings is 1. The SMILES string of the molecule is CN=C(NCc1noc(C(C)(C)C)n1)N(C)Cc1ccc(Br)s1. The molecule has 126 valence electrons. The Morgan fingerprint density at radius 2 is 2.17 bits per heavy atom. The van der Waals surface area contributed by atoms with Gasteiger partial charge in [-0.25, -0.2) is 0 Å². The van der Waals surface area contributed by atoms with Crippen LogP contribution in [0.2, 0.25) is 0 Å². The van der Waals surface area contributed by atoms with Crippen molar-refractivity contribution in [3.05, 3.63) is 32.5 Å². The Balaban J connectivity index is 1.93. The van der Waals surface area contributed by atoms with Gasteiger partial charge >= 0.3 is 0 Å². The van der Waals surface area contributed by atoms with Crippen LogP contribution in [-0.4, -0.2) is 35.1 Å². The fraction of sp³-hybridized carbons (Fsp3) is 0.533. The van der Waals surface area contributed by atoms with Crippen molar-refractivity contribution in [1.29, 1.82) is 0 Å². The molecule has 8 heteroatoms. The van der Waals surface area contributed by atoms with E-state index in [1.165, 1.54) is 4.88 Å². The lowest BCUT2D eigenvalue weighted by Crippen LogP contribution is -2.38. The number of nitrogens with zero attached hydrogens (tertiary/aromatic N) is 4. The first-order valence-corrected chi connectivity index (χ1v) is 8.89. The Hall–Kier alpha value is -1.41. The van der Waals surface area contributed by atoms with Gasteiger partial charge in [-0.15, -0.1) is 11.3 Å². The Kier molecular flexibility index (Phi) is 5.80.